The molecule has 1 atom stereocenters. The minimum absolute atomic E-state index is 0.163. The molecule has 3 aromatic rings. The van der Waals surface area contributed by atoms with E-state index in [2.05, 4.69) is 16.9 Å². The molecule has 2 aromatic heterocycles. The third kappa shape index (κ3) is 3.87. The molecule has 7 heteroatoms. The summed E-state index contributed by atoms with van der Waals surface area (Å²) in [6.07, 6.45) is 3.37. The first-order valence-electron chi connectivity index (χ1n) is 9.13. The van der Waals surface area contributed by atoms with Crippen LogP contribution in [0.25, 0.3) is 28.5 Å². The fraction of sp³-hybridized carbons (Fsp3) is 0.286. The summed E-state index contributed by atoms with van der Waals surface area (Å²) in [6, 6.07) is 9.58. The first kappa shape index (κ1) is 18.5. The van der Waals surface area contributed by atoms with Crippen LogP contribution in [-0.2, 0) is 9.47 Å². The maximum absolute atomic E-state index is 5.94. The van der Waals surface area contributed by atoms with E-state index in [0.29, 0.717) is 19.0 Å². The molecule has 0 saturated carbocycles. The predicted molar refractivity (Wildman–Crippen MR) is 107 cm³/mol. The molecule has 1 saturated heterocycles. The highest BCUT2D eigenvalue weighted by atomic mass is 16.7. The van der Waals surface area contributed by atoms with Crippen LogP contribution in [0, 0.1) is 0 Å². The monoisotopic (exact) mass is 378 g/mol. The van der Waals surface area contributed by atoms with Gasteiger partial charge in [-0.15, -0.1) is 0 Å². The van der Waals surface area contributed by atoms with Crippen molar-refractivity contribution < 1.29 is 14.2 Å². The van der Waals surface area contributed by atoms with E-state index in [-0.39, 0.29) is 12.9 Å². The molecular weight excluding hydrogens is 356 g/mol. The smallest absolute Gasteiger partial charge is 0.188 e. The molecule has 0 spiro atoms. The number of aromatic nitrogens is 3. The zero-order chi connectivity index (χ0) is 19.3. The van der Waals surface area contributed by atoms with Gasteiger partial charge in [-0.2, -0.15) is 0 Å². The van der Waals surface area contributed by atoms with E-state index in [1.165, 1.54) is 0 Å². The number of rotatable bonds is 6. The van der Waals surface area contributed by atoms with Gasteiger partial charge >= 0.3 is 0 Å². The van der Waals surface area contributed by atoms with Gasteiger partial charge in [0, 0.05) is 32.0 Å². The van der Waals surface area contributed by atoms with Gasteiger partial charge in [0.1, 0.15) is 23.1 Å². The van der Waals surface area contributed by atoms with Crippen LogP contribution in [0.5, 0.6) is 5.75 Å². The molecule has 4 rings (SSSR count). The SMILES string of the molecule is C=Cc1cnc2c(C3CNCCO3)nc(-c3ccc(OCOC)cc3)nc2c1. The summed E-state index contributed by atoms with van der Waals surface area (Å²) in [5.41, 5.74) is 4.12. The number of hydrogen-bond donors (Lipinski definition) is 1. The van der Waals surface area contributed by atoms with Gasteiger partial charge in [0.25, 0.3) is 0 Å². The lowest BCUT2D eigenvalue weighted by molar-refractivity contribution is 0.0259. The highest BCUT2D eigenvalue weighted by molar-refractivity contribution is 5.81. The lowest BCUT2D eigenvalue weighted by Crippen LogP contribution is -2.34. The molecule has 1 aliphatic heterocycles. The average molecular weight is 378 g/mol. The van der Waals surface area contributed by atoms with Crippen molar-refractivity contribution >= 4 is 17.1 Å². The minimum Gasteiger partial charge on any atom is -0.468 e. The van der Waals surface area contributed by atoms with Crippen LogP contribution in [0.15, 0.2) is 43.1 Å². The topological polar surface area (TPSA) is 78.4 Å². The Morgan fingerprint density at radius 3 is 2.86 bits per heavy atom. The normalized spacial score (nSPS) is 16.8. The molecule has 1 aliphatic rings. The van der Waals surface area contributed by atoms with Crippen molar-refractivity contribution in [1.82, 2.24) is 20.3 Å². The minimum atomic E-state index is -0.163. The molecule has 0 aliphatic carbocycles. The molecule has 1 aromatic carbocycles. The third-order valence-corrected chi connectivity index (χ3v) is 4.51. The number of fused-ring (bicyclic) bond motifs is 1. The van der Waals surface area contributed by atoms with Crippen molar-refractivity contribution in [1.29, 1.82) is 0 Å². The average Bonchev–Trinajstić information content (AvgIpc) is 2.77. The lowest BCUT2D eigenvalue weighted by Gasteiger charge is -2.24. The zero-order valence-corrected chi connectivity index (χ0v) is 15.7. The largest absolute Gasteiger partial charge is 0.468 e. The van der Waals surface area contributed by atoms with Crippen LogP contribution in [0.3, 0.4) is 0 Å². The fourth-order valence-electron chi connectivity index (χ4n) is 3.09. The Hall–Kier alpha value is -2.87. The van der Waals surface area contributed by atoms with Crippen LogP contribution >= 0.6 is 0 Å². The number of nitrogens with one attached hydrogen (secondary N) is 1. The van der Waals surface area contributed by atoms with Crippen molar-refractivity contribution in [2.45, 2.75) is 6.10 Å². The van der Waals surface area contributed by atoms with E-state index in [0.717, 1.165) is 40.1 Å². The number of morpholine rings is 1. The van der Waals surface area contributed by atoms with Crippen molar-refractivity contribution in [3.8, 4) is 17.1 Å². The summed E-state index contributed by atoms with van der Waals surface area (Å²) in [5, 5.41) is 3.35. The standard InChI is InChI=1S/C21H22N4O3/c1-3-14-10-17-19(23-11-14)20(18-12-22-8-9-27-18)25-21(24-17)15-4-6-16(7-5-15)28-13-26-2/h3-7,10-11,18,22H,1,8-9,12-13H2,2H3. The van der Waals surface area contributed by atoms with Crippen molar-refractivity contribution in [2.75, 3.05) is 33.6 Å². The summed E-state index contributed by atoms with van der Waals surface area (Å²) in [5.74, 6) is 1.35. The van der Waals surface area contributed by atoms with Crippen LogP contribution in [0.2, 0.25) is 0 Å². The van der Waals surface area contributed by atoms with Crippen molar-refractivity contribution in [2.24, 2.45) is 0 Å². The Balaban J connectivity index is 1.78. The van der Waals surface area contributed by atoms with E-state index >= 15 is 0 Å². The van der Waals surface area contributed by atoms with E-state index in [1.54, 1.807) is 19.4 Å². The number of pyridine rings is 1. The highest BCUT2D eigenvalue weighted by Gasteiger charge is 2.22. The molecule has 1 N–H and O–H groups in total. The summed E-state index contributed by atoms with van der Waals surface area (Å²) >= 11 is 0. The summed E-state index contributed by atoms with van der Waals surface area (Å²) in [4.78, 5) is 14.1. The van der Waals surface area contributed by atoms with E-state index in [9.17, 15) is 0 Å². The van der Waals surface area contributed by atoms with Gasteiger partial charge in [0.2, 0.25) is 0 Å². The van der Waals surface area contributed by atoms with Gasteiger partial charge in [-0.05, 0) is 35.9 Å². The molecule has 28 heavy (non-hydrogen) atoms. The van der Waals surface area contributed by atoms with Crippen molar-refractivity contribution in [3.63, 3.8) is 0 Å². The summed E-state index contributed by atoms with van der Waals surface area (Å²) in [6.45, 7) is 6.20. The van der Waals surface area contributed by atoms with Gasteiger partial charge in [0.15, 0.2) is 12.6 Å². The number of ether oxygens (including phenoxy) is 3. The van der Waals surface area contributed by atoms with Gasteiger partial charge in [-0.25, -0.2) is 9.97 Å². The fourth-order valence-corrected chi connectivity index (χ4v) is 3.09. The Labute approximate surface area is 163 Å². The number of benzene rings is 1. The van der Waals surface area contributed by atoms with Crippen LogP contribution in [-0.4, -0.2) is 48.6 Å². The first-order chi connectivity index (χ1) is 13.8. The van der Waals surface area contributed by atoms with Crippen LogP contribution in [0.1, 0.15) is 17.4 Å². The molecule has 7 nitrogen and oxygen atoms in total. The molecule has 144 valence electrons. The number of nitrogens with zero attached hydrogens (tertiary/aromatic N) is 3. The quantitative estimate of drug-likeness (QED) is 0.661. The predicted octanol–water partition coefficient (Wildman–Crippen LogP) is 2.98. The van der Waals surface area contributed by atoms with E-state index in [1.807, 2.05) is 30.3 Å². The molecule has 0 radical (unpaired) electrons. The maximum Gasteiger partial charge on any atom is 0.188 e. The Morgan fingerprint density at radius 1 is 1.29 bits per heavy atom. The molecular formula is C21H22N4O3. The van der Waals surface area contributed by atoms with Gasteiger partial charge in [-0.3, -0.25) is 4.98 Å². The second-order valence-corrected chi connectivity index (χ2v) is 6.41. The Morgan fingerprint density at radius 2 is 2.14 bits per heavy atom. The van der Waals surface area contributed by atoms with Gasteiger partial charge in [-0.1, -0.05) is 12.7 Å². The molecule has 3 heterocycles. The lowest BCUT2D eigenvalue weighted by atomic mass is 10.1. The second kappa shape index (κ2) is 8.43. The van der Waals surface area contributed by atoms with Crippen molar-refractivity contribution in [3.05, 3.63) is 54.4 Å². The molecule has 0 bridgehead atoms. The Bertz CT molecular complexity index is 969. The number of hydrogen-bond acceptors (Lipinski definition) is 7. The molecule has 1 fully saturated rings. The van der Waals surface area contributed by atoms with E-state index < -0.39 is 0 Å². The highest BCUT2D eigenvalue weighted by Crippen LogP contribution is 2.28. The van der Waals surface area contributed by atoms with Crippen LogP contribution in [0.4, 0.5) is 0 Å². The molecule has 0 amide bonds. The third-order valence-electron chi connectivity index (χ3n) is 4.51. The molecule has 1 unspecified atom stereocenters. The maximum atomic E-state index is 5.94. The second-order valence-electron chi connectivity index (χ2n) is 6.41. The zero-order valence-electron chi connectivity index (χ0n) is 15.7. The number of methoxy groups -OCH3 is 1. The van der Waals surface area contributed by atoms with Crippen LogP contribution < -0.4 is 10.1 Å². The van der Waals surface area contributed by atoms with E-state index in [4.69, 9.17) is 24.2 Å². The van der Waals surface area contributed by atoms with Gasteiger partial charge < -0.3 is 19.5 Å². The summed E-state index contributed by atoms with van der Waals surface area (Å²) in [7, 11) is 1.59. The van der Waals surface area contributed by atoms with Gasteiger partial charge in [0.05, 0.1) is 12.1 Å². The Kier molecular flexibility index (Phi) is 5.57. The first-order valence-corrected chi connectivity index (χ1v) is 9.13. The summed E-state index contributed by atoms with van der Waals surface area (Å²) < 4.78 is 16.3.